The van der Waals surface area contributed by atoms with Crippen molar-refractivity contribution in [1.29, 1.82) is 0 Å². The van der Waals surface area contributed by atoms with Crippen molar-refractivity contribution < 1.29 is 24.2 Å². The van der Waals surface area contributed by atoms with Crippen molar-refractivity contribution >= 4 is 23.6 Å². The summed E-state index contributed by atoms with van der Waals surface area (Å²) < 4.78 is 5.14. The molecule has 0 atom stereocenters. The minimum Gasteiger partial charge on any atom is -0.495 e. The first kappa shape index (κ1) is 16.3. The molecule has 0 saturated carbocycles. The van der Waals surface area contributed by atoms with E-state index < -0.39 is 31.0 Å². The van der Waals surface area contributed by atoms with E-state index in [0.29, 0.717) is 11.4 Å². The standard InChI is InChI=1S/C13H17N3O5/c1-15(9-5-3-4-6-10(9)21-2)13(20)16(7-11(14)17)8-12(18)19/h3-6H,7-8H2,1-2H3,(H2,14,17)(H,18,19). The number of aliphatic carboxylic acids is 1. The average molecular weight is 295 g/mol. The lowest BCUT2D eigenvalue weighted by atomic mass is 10.2. The molecule has 3 N–H and O–H groups in total. The van der Waals surface area contributed by atoms with Gasteiger partial charge in [-0.25, -0.2) is 4.79 Å². The Morgan fingerprint density at radius 1 is 1.24 bits per heavy atom. The molecule has 1 rings (SSSR count). The van der Waals surface area contributed by atoms with Gasteiger partial charge in [-0.15, -0.1) is 0 Å². The van der Waals surface area contributed by atoms with Crippen LogP contribution in [0.1, 0.15) is 0 Å². The molecule has 0 fully saturated rings. The van der Waals surface area contributed by atoms with Gasteiger partial charge in [0.25, 0.3) is 0 Å². The van der Waals surface area contributed by atoms with Crippen LogP contribution in [0.2, 0.25) is 0 Å². The molecule has 21 heavy (non-hydrogen) atoms. The summed E-state index contributed by atoms with van der Waals surface area (Å²) in [6, 6.07) is 6.08. The number of carboxylic acid groups (broad SMARTS) is 1. The van der Waals surface area contributed by atoms with E-state index in [0.717, 1.165) is 4.90 Å². The van der Waals surface area contributed by atoms with E-state index in [1.807, 2.05) is 0 Å². The Morgan fingerprint density at radius 3 is 2.38 bits per heavy atom. The molecule has 0 aliphatic carbocycles. The molecule has 3 amide bonds. The number of methoxy groups -OCH3 is 1. The number of hydrogen-bond donors (Lipinski definition) is 2. The molecule has 114 valence electrons. The number of anilines is 1. The van der Waals surface area contributed by atoms with Gasteiger partial charge in [0, 0.05) is 7.05 Å². The first-order valence-electron chi connectivity index (χ1n) is 6.02. The first-order chi connectivity index (χ1) is 9.86. The van der Waals surface area contributed by atoms with Gasteiger partial charge in [-0.05, 0) is 12.1 Å². The molecule has 0 heterocycles. The first-order valence-corrected chi connectivity index (χ1v) is 6.02. The fourth-order valence-electron chi connectivity index (χ4n) is 1.76. The second-order valence-corrected chi connectivity index (χ2v) is 4.23. The van der Waals surface area contributed by atoms with Crippen LogP contribution < -0.4 is 15.4 Å². The van der Waals surface area contributed by atoms with E-state index in [2.05, 4.69) is 0 Å². The molecule has 0 bridgehead atoms. The summed E-state index contributed by atoms with van der Waals surface area (Å²) in [6.07, 6.45) is 0. The number of ether oxygens (including phenoxy) is 1. The third-order valence-electron chi connectivity index (χ3n) is 2.68. The van der Waals surface area contributed by atoms with Gasteiger partial charge < -0.3 is 20.5 Å². The summed E-state index contributed by atoms with van der Waals surface area (Å²) in [6.45, 7) is -1.11. The van der Waals surface area contributed by atoms with Crippen molar-refractivity contribution in [3.8, 4) is 5.75 Å². The molecule has 0 radical (unpaired) electrons. The maximum absolute atomic E-state index is 12.3. The molecule has 0 aliphatic rings. The van der Waals surface area contributed by atoms with Crippen molar-refractivity contribution in [2.45, 2.75) is 0 Å². The van der Waals surface area contributed by atoms with Gasteiger partial charge in [0.2, 0.25) is 5.91 Å². The number of primary amides is 1. The Hall–Kier alpha value is -2.77. The zero-order chi connectivity index (χ0) is 16.0. The van der Waals surface area contributed by atoms with Crippen LogP contribution in [0.15, 0.2) is 24.3 Å². The fourth-order valence-corrected chi connectivity index (χ4v) is 1.76. The Morgan fingerprint density at radius 2 is 1.86 bits per heavy atom. The van der Waals surface area contributed by atoms with E-state index in [1.165, 1.54) is 19.1 Å². The lowest BCUT2D eigenvalue weighted by molar-refractivity contribution is -0.137. The number of urea groups is 1. The highest BCUT2D eigenvalue weighted by atomic mass is 16.5. The highest BCUT2D eigenvalue weighted by Gasteiger charge is 2.24. The van der Waals surface area contributed by atoms with Crippen LogP contribution in [-0.2, 0) is 9.59 Å². The molecule has 0 spiro atoms. The molecule has 0 aromatic heterocycles. The predicted molar refractivity (Wildman–Crippen MR) is 75.2 cm³/mol. The molecule has 8 heteroatoms. The number of carboxylic acids is 1. The quantitative estimate of drug-likeness (QED) is 0.774. The van der Waals surface area contributed by atoms with E-state index in [4.69, 9.17) is 15.6 Å². The van der Waals surface area contributed by atoms with Crippen LogP contribution >= 0.6 is 0 Å². The van der Waals surface area contributed by atoms with E-state index in [-0.39, 0.29) is 0 Å². The van der Waals surface area contributed by atoms with Gasteiger partial charge in [-0.3, -0.25) is 14.5 Å². The second kappa shape index (κ2) is 7.13. The molecule has 1 aromatic rings. The summed E-state index contributed by atoms with van der Waals surface area (Å²) in [7, 11) is 2.91. The molecular formula is C13H17N3O5. The monoisotopic (exact) mass is 295 g/mol. The van der Waals surface area contributed by atoms with Gasteiger partial charge >= 0.3 is 12.0 Å². The van der Waals surface area contributed by atoms with Crippen molar-refractivity contribution in [2.24, 2.45) is 5.73 Å². The lowest BCUT2D eigenvalue weighted by Gasteiger charge is -2.27. The smallest absolute Gasteiger partial charge is 0.325 e. The minimum atomic E-state index is -1.24. The lowest BCUT2D eigenvalue weighted by Crippen LogP contribution is -2.47. The number of nitrogens with zero attached hydrogens (tertiary/aromatic N) is 2. The molecule has 0 aliphatic heterocycles. The Balaban J connectivity index is 3.01. The van der Waals surface area contributed by atoms with Gasteiger partial charge in [0.05, 0.1) is 12.8 Å². The molecule has 0 saturated heterocycles. The van der Waals surface area contributed by atoms with Gasteiger partial charge in [0.1, 0.15) is 18.8 Å². The van der Waals surface area contributed by atoms with E-state index >= 15 is 0 Å². The second-order valence-electron chi connectivity index (χ2n) is 4.23. The summed E-state index contributed by atoms with van der Waals surface area (Å²) in [5, 5.41) is 8.81. The molecule has 8 nitrogen and oxygen atoms in total. The van der Waals surface area contributed by atoms with Crippen molar-refractivity contribution in [2.75, 3.05) is 32.1 Å². The van der Waals surface area contributed by atoms with Gasteiger partial charge in [-0.2, -0.15) is 0 Å². The summed E-state index contributed by atoms with van der Waals surface area (Å²) in [5.41, 5.74) is 5.48. The molecule has 0 unspecified atom stereocenters. The zero-order valence-corrected chi connectivity index (χ0v) is 11.8. The van der Waals surface area contributed by atoms with Crippen LogP contribution in [0, 0.1) is 0 Å². The fraction of sp³-hybridized carbons (Fsp3) is 0.308. The van der Waals surface area contributed by atoms with E-state index in [9.17, 15) is 14.4 Å². The van der Waals surface area contributed by atoms with Gasteiger partial charge in [0.15, 0.2) is 0 Å². The number of benzene rings is 1. The maximum Gasteiger partial charge on any atom is 0.325 e. The largest absolute Gasteiger partial charge is 0.495 e. The average Bonchev–Trinajstić information content (AvgIpc) is 2.44. The van der Waals surface area contributed by atoms with Crippen LogP contribution in [0.25, 0.3) is 0 Å². The Bertz CT molecular complexity index is 530. The van der Waals surface area contributed by atoms with Crippen LogP contribution in [0.3, 0.4) is 0 Å². The number of amides is 3. The Kier molecular flexibility index (Phi) is 5.53. The van der Waals surface area contributed by atoms with Crippen molar-refractivity contribution in [3.63, 3.8) is 0 Å². The normalized spacial score (nSPS) is 9.81. The molecular weight excluding hydrogens is 278 g/mol. The Labute approximate surface area is 121 Å². The highest BCUT2D eigenvalue weighted by Crippen LogP contribution is 2.27. The number of hydrogen-bond acceptors (Lipinski definition) is 4. The maximum atomic E-state index is 12.3. The summed E-state index contributed by atoms with van der Waals surface area (Å²) >= 11 is 0. The van der Waals surface area contributed by atoms with Crippen LogP contribution in [0.5, 0.6) is 5.75 Å². The highest BCUT2D eigenvalue weighted by molar-refractivity contribution is 5.96. The van der Waals surface area contributed by atoms with E-state index in [1.54, 1.807) is 24.3 Å². The topological polar surface area (TPSA) is 113 Å². The summed E-state index contributed by atoms with van der Waals surface area (Å²) in [5.74, 6) is -1.58. The summed E-state index contributed by atoms with van der Waals surface area (Å²) in [4.78, 5) is 36.1. The van der Waals surface area contributed by atoms with Crippen molar-refractivity contribution in [3.05, 3.63) is 24.3 Å². The number of rotatable bonds is 6. The number of carbonyl (C=O) groups excluding carboxylic acids is 2. The minimum absolute atomic E-state index is 0.447. The number of carbonyl (C=O) groups is 3. The SMILES string of the molecule is COc1ccccc1N(C)C(=O)N(CC(N)=O)CC(=O)O. The van der Waals surface area contributed by atoms with Crippen LogP contribution in [0.4, 0.5) is 10.5 Å². The van der Waals surface area contributed by atoms with Crippen molar-refractivity contribution in [1.82, 2.24) is 4.90 Å². The van der Waals surface area contributed by atoms with Crippen LogP contribution in [-0.4, -0.2) is 55.2 Å². The zero-order valence-electron chi connectivity index (χ0n) is 11.8. The third-order valence-corrected chi connectivity index (χ3v) is 2.68. The predicted octanol–water partition coefficient (Wildman–Crippen LogP) is 0.123. The molecule has 1 aromatic carbocycles. The van der Waals surface area contributed by atoms with Gasteiger partial charge in [-0.1, -0.05) is 12.1 Å². The number of nitrogens with two attached hydrogens (primary N) is 1. The third kappa shape index (κ3) is 4.37. The number of para-hydroxylation sites is 2.